The average molecular weight is 1150 g/mol. The number of carbonyl (C=O) groups is 12. The van der Waals surface area contributed by atoms with Crippen molar-refractivity contribution in [2.45, 2.75) is 145 Å². The zero-order chi connectivity index (χ0) is 60.8. The molecule has 2 saturated heterocycles. The number of aromatic hydroxyl groups is 1. The molecule has 2 fully saturated rings. The molecule has 2 heterocycles. The fourth-order valence-electron chi connectivity index (χ4n) is 8.65. The molecule has 2 aliphatic heterocycles. The minimum Gasteiger partial charge on any atom is -0.508 e. The summed E-state index contributed by atoms with van der Waals surface area (Å²) in [5.74, 6) is -12.4. The maximum atomic E-state index is 13.9. The van der Waals surface area contributed by atoms with Crippen molar-refractivity contribution in [3.63, 3.8) is 0 Å². The number of aliphatic imine (C=N–C) groups is 1. The molecule has 0 unspecified atom stereocenters. The van der Waals surface area contributed by atoms with E-state index in [1.807, 2.05) is 0 Å². The SMILES string of the molecule is C[C@@H](O)[C@H](NC(=O)[C@H](CC(N)=O)NC(=O)[C@@H](NC(=O)[C@H](CCCN=C(N)N)NC(=O)[C@@H]1CCCN1C(=O)[C@@H](N)Cc1ccc(O)cc1)[C@@H](C)O)C(=O)NCC(=O)N[C@@H](CO)C(=O)NCC(=O)N[C@H](C(=O)N1CCC[C@H]1C(N)=O)[C@@H](C)O. The molecule has 3 rings (SSSR count). The number of benzene rings is 1. The van der Waals surface area contributed by atoms with E-state index >= 15 is 0 Å². The van der Waals surface area contributed by atoms with Crippen LogP contribution in [0.15, 0.2) is 29.3 Å². The average Bonchev–Trinajstić information content (AvgIpc) is 4.20. The summed E-state index contributed by atoms with van der Waals surface area (Å²) < 4.78 is 0. The largest absolute Gasteiger partial charge is 0.508 e. The number of likely N-dealkylation sites (tertiary alicyclic amines) is 2. The van der Waals surface area contributed by atoms with Gasteiger partial charge in [0.05, 0.1) is 50.5 Å². The summed E-state index contributed by atoms with van der Waals surface area (Å²) in [6, 6.07) is -7.56. The first-order valence-corrected chi connectivity index (χ1v) is 25.8. The third-order valence-electron chi connectivity index (χ3n) is 12.9. The van der Waals surface area contributed by atoms with Crippen molar-refractivity contribution < 1.29 is 83.1 Å². The van der Waals surface area contributed by atoms with Crippen LogP contribution in [0.1, 0.15) is 71.3 Å². The van der Waals surface area contributed by atoms with Gasteiger partial charge >= 0.3 is 0 Å². The van der Waals surface area contributed by atoms with Gasteiger partial charge in [-0.3, -0.25) is 62.5 Å². The first-order valence-electron chi connectivity index (χ1n) is 25.8. The monoisotopic (exact) mass is 1150 g/mol. The standard InChI is InChI=1S/C48H76N16O17/c1-22(66)36(44(78)56-19-34(71)57-30(21-65)40(74)55-20-35(72)60-38(24(3)68)47(81)63-15-5-8-31(63)39(51)73)61-42(76)29(18-33(50)70)59-45(79)37(23(2)67)62-41(75)28(7-4-14-54-48(52)53)58-43(77)32-9-6-16-64(32)46(80)27(49)17-25-10-12-26(69)13-11-25/h10-13,22-24,27-32,36-38,65-69H,4-9,14-21,49H2,1-3H3,(H2,50,70)(H2,51,73)(H,55,74)(H,56,78)(H,57,71)(H,58,77)(H,59,79)(H,60,72)(H,61,76)(H,62,75)(H4,52,53,54)/t22-,23-,24-,27+,28+,29+,30+,31+,32+,36+,37+,38+/m1/s1. The second kappa shape index (κ2) is 32.1. The molecule has 33 heteroatoms. The minimum absolute atomic E-state index is 0.0107. The van der Waals surface area contributed by atoms with Gasteiger partial charge in [0.2, 0.25) is 70.9 Å². The van der Waals surface area contributed by atoms with Gasteiger partial charge in [0.25, 0.3) is 0 Å². The Hall–Kier alpha value is -8.27. The van der Waals surface area contributed by atoms with Crippen LogP contribution in [-0.2, 0) is 64.0 Å². The topological polar surface area (TPSA) is 551 Å². The van der Waals surface area contributed by atoms with E-state index in [0.29, 0.717) is 18.4 Å². The van der Waals surface area contributed by atoms with Crippen molar-refractivity contribution >= 4 is 76.8 Å². The summed E-state index contributed by atoms with van der Waals surface area (Å²) in [5.41, 5.74) is 28.5. The van der Waals surface area contributed by atoms with E-state index in [9.17, 15) is 83.1 Å². The Bertz CT molecular complexity index is 2460. The Labute approximate surface area is 464 Å². The van der Waals surface area contributed by atoms with E-state index < -0.39 is 170 Å². The number of nitrogens with one attached hydrogen (secondary N) is 8. The molecule has 33 nitrogen and oxygen atoms in total. The highest BCUT2D eigenvalue weighted by atomic mass is 16.3. The Kier molecular flexibility index (Phi) is 26.6. The number of phenolic OH excluding ortho intramolecular Hbond substituents is 1. The fraction of sp³-hybridized carbons (Fsp3) is 0.604. The summed E-state index contributed by atoms with van der Waals surface area (Å²) >= 11 is 0. The first-order chi connectivity index (χ1) is 38.1. The fourth-order valence-corrected chi connectivity index (χ4v) is 8.65. The zero-order valence-corrected chi connectivity index (χ0v) is 45.0. The molecule has 0 spiro atoms. The maximum Gasteiger partial charge on any atom is 0.248 e. The van der Waals surface area contributed by atoms with Crippen LogP contribution < -0.4 is 71.2 Å². The number of amides is 12. The van der Waals surface area contributed by atoms with E-state index in [4.69, 9.17) is 28.7 Å². The molecule has 12 amide bonds. The highest BCUT2D eigenvalue weighted by Gasteiger charge is 2.41. The molecule has 0 saturated carbocycles. The third-order valence-corrected chi connectivity index (χ3v) is 12.9. The van der Waals surface area contributed by atoms with Gasteiger partial charge in [-0.25, -0.2) is 0 Å². The highest BCUT2D eigenvalue weighted by Crippen LogP contribution is 2.21. The van der Waals surface area contributed by atoms with Crippen molar-refractivity contribution in [2.24, 2.45) is 33.7 Å². The van der Waals surface area contributed by atoms with Gasteiger partial charge in [-0.2, -0.15) is 0 Å². The molecule has 0 aromatic heterocycles. The van der Waals surface area contributed by atoms with Crippen LogP contribution in [0, 0.1) is 0 Å². The Morgan fingerprint density at radius 1 is 0.617 bits per heavy atom. The highest BCUT2D eigenvalue weighted by molar-refractivity contribution is 5.99. The van der Waals surface area contributed by atoms with Crippen LogP contribution in [0.3, 0.4) is 0 Å². The number of aliphatic hydroxyl groups is 4. The summed E-state index contributed by atoms with van der Waals surface area (Å²) in [5, 5.41) is 68.6. The molecule has 0 bridgehead atoms. The molecule has 12 atom stereocenters. The number of carbonyl (C=O) groups excluding carboxylic acids is 12. The maximum absolute atomic E-state index is 13.9. The Balaban J connectivity index is 1.65. The third kappa shape index (κ3) is 21.0. The van der Waals surface area contributed by atoms with Gasteiger partial charge in [0.15, 0.2) is 5.96 Å². The predicted octanol–water partition coefficient (Wildman–Crippen LogP) is -10.1. The van der Waals surface area contributed by atoms with Gasteiger partial charge < -0.3 is 107 Å². The van der Waals surface area contributed by atoms with Gasteiger partial charge in [0.1, 0.15) is 54.1 Å². The molecular weight excluding hydrogens is 1070 g/mol. The minimum atomic E-state index is -1.95. The number of hydrogen-bond acceptors (Lipinski definition) is 19. The molecule has 2 aliphatic rings. The molecule has 0 aliphatic carbocycles. The van der Waals surface area contributed by atoms with E-state index in [-0.39, 0.29) is 63.4 Å². The van der Waals surface area contributed by atoms with Crippen LogP contribution in [0.25, 0.3) is 0 Å². The lowest BCUT2D eigenvalue weighted by Crippen LogP contribution is -2.62. The predicted molar refractivity (Wildman–Crippen MR) is 282 cm³/mol. The smallest absolute Gasteiger partial charge is 0.248 e. The van der Waals surface area contributed by atoms with E-state index in [1.165, 1.54) is 24.0 Å². The van der Waals surface area contributed by atoms with Gasteiger partial charge in [0, 0.05) is 19.6 Å². The molecule has 1 aromatic carbocycles. The number of aliphatic hydroxyl groups excluding tert-OH is 4. The lowest BCUT2D eigenvalue weighted by molar-refractivity contribution is -0.143. The second-order valence-electron chi connectivity index (χ2n) is 19.5. The quantitative estimate of drug-likeness (QED) is 0.0186. The molecule has 23 N–H and O–H groups in total. The summed E-state index contributed by atoms with van der Waals surface area (Å²) in [4.78, 5) is 164. The van der Waals surface area contributed by atoms with Gasteiger partial charge in [-0.1, -0.05) is 12.1 Å². The number of hydrogen-bond donors (Lipinski definition) is 18. The number of rotatable bonds is 31. The van der Waals surface area contributed by atoms with Crippen molar-refractivity contribution in [1.29, 1.82) is 0 Å². The molecule has 0 radical (unpaired) electrons. The first kappa shape index (κ1) is 67.0. The number of nitrogens with zero attached hydrogens (tertiary/aromatic N) is 3. The van der Waals surface area contributed by atoms with Crippen LogP contribution in [0.4, 0.5) is 0 Å². The number of guanidine groups is 1. The van der Waals surface area contributed by atoms with Crippen molar-refractivity contribution in [2.75, 3.05) is 39.3 Å². The number of nitrogens with two attached hydrogens (primary N) is 5. The van der Waals surface area contributed by atoms with E-state index in [0.717, 1.165) is 18.7 Å². The normalized spacial score (nSPS) is 18.5. The van der Waals surface area contributed by atoms with Crippen LogP contribution in [-0.4, -0.2) is 224 Å². The van der Waals surface area contributed by atoms with Crippen molar-refractivity contribution in [1.82, 2.24) is 52.3 Å². The Morgan fingerprint density at radius 2 is 1.14 bits per heavy atom. The zero-order valence-electron chi connectivity index (χ0n) is 45.0. The van der Waals surface area contributed by atoms with Gasteiger partial charge in [-0.15, -0.1) is 0 Å². The van der Waals surface area contributed by atoms with Crippen molar-refractivity contribution in [3.8, 4) is 5.75 Å². The summed E-state index contributed by atoms with van der Waals surface area (Å²) in [6.45, 7) is 0.803. The van der Waals surface area contributed by atoms with E-state index in [2.05, 4.69) is 47.5 Å². The summed E-state index contributed by atoms with van der Waals surface area (Å²) in [6.07, 6.45) is -4.53. The molecule has 450 valence electrons. The molecule has 1 aromatic rings. The van der Waals surface area contributed by atoms with Crippen LogP contribution in [0.2, 0.25) is 0 Å². The van der Waals surface area contributed by atoms with Crippen LogP contribution >= 0.6 is 0 Å². The van der Waals surface area contributed by atoms with Crippen molar-refractivity contribution in [3.05, 3.63) is 29.8 Å². The molecular formula is C48H76N16O17. The van der Waals surface area contributed by atoms with Crippen LogP contribution in [0.5, 0.6) is 5.75 Å². The Morgan fingerprint density at radius 3 is 1.67 bits per heavy atom. The lowest BCUT2D eigenvalue weighted by atomic mass is 10.0. The van der Waals surface area contributed by atoms with Gasteiger partial charge in [-0.05, 0) is 83.4 Å². The lowest BCUT2D eigenvalue weighted by Gasteiger charge is -2.30. The summed E-state index contributed by atoms with van der Waals surface area (Å²) in [7, 11) is 0. The van der Waals surface area contributed by atoms with E-state index in [1.54, 1.807) is 12.1 Å². The number of primary amides is 2. The number of phenols is 1. The molecule has 81 heavy (non-hydrogen) atoms. The second-order valence-corrected chi connectivity index (χ2v) is 19.5.